The van der Waals surface area contributed by atoms with Gasteiger partial charge in [0.05, 0.1) is 28.6 Å². The Kier molecular flexibility index (Phi) is 15.7. The third-order valence-electron chi connectivity index (χ3n) is 12.5. The average molecular weight is 1080 g/mol. The summed E-state index contributed by atoms with van der Waals surface area (Å²) in [5.74, 6) is 1.56. The lowest BCUT2D eigenvalue weighted by molar-refractivity contribution is 0.0488. The molecule has 2 fully saturated rings. The van der Waals surface area contributed by atoms with E-state index in [1.807, 2.05) is 105 Å². The molecule has 2 atom stereocenters. The van der Waals surface area contributed by atoms with Crippen LogP contribution in [0.25, 0.3) is 22.1 Å². The first-order chi connectivity index (χ1) is 33.3. The van der Waals surface area contributed by atoms with Crippen molar-refractivity contribution in [3.63, 3.8) is 0 Å². The SMILES string of the molecule is Cn1c(=O)c2c(c(Br)c(N3CCC[C@@H](NC(=O)OC(C)(C)C)C3)n2Cc2ccccc2Cl)n(C)c1=O.Cn1c(=O)c2c(cc(N3CCC[C@@H](NC(=O)OC(C)(C)C)C3)n2Cc2ccccc2Cl)n(C)c1=O. The van der Waals surface area contributed by atoms with Gasteiger partial charge in [-0.05, 0) is 106 Å². The third-order valence-corrected chi connectivity index (χ3v) is 14.0. The molecule has 2 aromatic carbocycles. The number of nitrogens with one attached hydrogen (secondary N) is 2. The summed E-state index contributed by atoms with van der Waals surface area (Å²) in [6.07, 6.45) is 2.40. The molecular weight excluding hydrogens is 1020 g/mol. The highest BCUT2D eigenvalue weighted by molar-refractivity contribution is 9.10. The van der Waals surface area contributed by atoms with Crippen LogP contribution in [0.2, 0.25) is 10.0 Å². The van der Waals surface area contributed by atoms with Crippen molar-refractivity contribution in [2.75, 3.05) is 36.0 Å². The van der Waals surface area contributed by atoms with Crippen molar-refractivity contribution < 1.29 is 19.1 Å². The van der Waals surface area contributed by atoms with Crippen LogP contribution < -0.4 is 42.9 Å². The highest BCUT2D eigenvalue weighted by Crippen LogP contribution is 2.38. The minimum absolute atomic E-state index is 0.114. The Labute approximate surface area is 429 Å². The van der Waals surface area contributed by atoms with Crippen molar-refractivity contribution in [3.8, 4) is 0 Å². The van der Waals surface area contributed by atoms with Crippen LogP contribution in [0.3, 0.4) is 0 Å². The predicted octanol–water partition coefficient (Wildman–Crippen LogP) is 7.23. The Morgan fingerprint density at radius 1 is 0.634 bits per heavy atom. The average Bonchev–Trinajstić information content (AvgIpc) is 3.81. The largest absolute Gasteiger partial charge is 0.444 e. The zero-order valence-corrected chi connectivity index (χ0v) is 45.0. The first-order valence-electron chi connectivity index (χ1n) is 23.6. The first-order valence-corrected chi connectivity index (χ1v) is 25.1. The molecule has 6 heterocycles. The summed E-state index contributed by atoms with van der Waals surface area (Å²) in [4.78, 5) is 81.1. The van der Waals surface area contributed by atoms with E-state index in [0.29, 0.717) is 62.8 Å². The van der Waals surface area contributed by atoms with Gasteiger partial charge in [0.15, 0.2) is 0 Å². The highest BCUT2D eigenvalue weighted by Gasteiger charge is 2.32. The monoisotopic (exact) mass is 1080 g/mol. The highest BCUT2D eigenvalue weighted by atomic mass is 79.9. The summed E-state index contributed by atoms with van der Waals surface area (Å²) in [7, 11) is 6.28. The second-order valence-corrected chi connectivity index (χ2v) is 21.8. The fraction of sp³-hybridized carbons (Fsp3) is 0.480. The zero-order chi connectivity index (χ0) is 51.9. The van der Waals surface area contributed by atoms with Gasteiger partial charge in [0.1, 0.15) is 33.9 Å². The van der Waals surface area contributed by atoms with E-state index >= 15 is 0 Å². The van der Waals surface area contributed by atoms with Gasteiger partial charge in [-0.15, -0.1) is 0 Å². The number of benzene rings is 2. The van der Waals surface area contributed by atoms with Crippen LogP contribution >= 0.6 is 39.1 Å². The number of hydrogen-bond acceptors (Lipinski definition) is 10. The molecule has 0 bridgehead atoms. The van der Waals surface area contributed by atoms with E-state index in [2.05, 4.69) is 36.4 Å². The third kappa shape index (κ3) is 11.6. The van der Waals surface area contributed by atoms with Gasteiger partial charge in [-0.2, -0.15) is 0 Å². The summed E-state index contributed by atoms with van der Waals surface area (Å²) >= 11 is 16.7. The van der Waals surface area contributed by atoms with Gasteiger partial charge in [-0.3, -0.25) is 27.9 Å². The van der Waals surface area contributed by atoms with Gasteiger partial charge in [0.25, 0.3) is 11.1 Å². The molecule has 2 aliphatic heterocycles. The lowest BCUT2D eigenvalue weighted by Crippen LogP contribution is -2.49. The van der Waals surface area contributed by atoms with Crippen molar-refractivity contribution in [1.82, 2.24) is 38.0 Å². The molecule has 0 spiro atoms. The predicted molar refractivity (Wildman–Crippen MR) is 283 cm³/mol. The quantitative estimate of drug-likeness (QED) is 0.158. The van der Waals surface area contributed by atoms with Gasteiger partial charge in [0, 0.05) is 82.6 Å². The molecule has 18 nitrogen and oxygen atoms in total. The molecule has 0 saturated carbocycles. The molecule has 71 heavy (non-hydrogen) atoms. The first kappa shape index (κ1) is 52.9. The molecular formula is C50H63BrCl2N10O8. The topological polar surface area (TPSA) is 181 Å². The van der Waals surface area contributed by atoms with Crippen molar-refractivity contribution >= 4 is 85.0 Å². The van der Waals surface area contributed by atoms with Gasteiger partial charge in [-0.25, -0.2) is 19.2 Å². The number of amides is 2. The van der Waals surface area contributed by atoms with Crippen molar-refractivity contribution in [1.29, 1.82) is 0 Å². The number of carbonyl (C=O) groups is 2. The minimum Gasteiger partial charge on any atom is -0.444 e. The van der Waals surface area contributed by atoms with Crippen LogP contribution in [0.4, 0.5) is 21.2 Å². The molecule has 21 heteroatoms. The number of aryl methyl sites for hydroxylation is 2. The Bertz CT molecular complexity index is 3250. The second kappa shape index (κ2) is 21.0. The van der Waals surface area contributed by atoms with E-state index < -0.39 is 29.1 Å². The number of carbonyl (C=O) groups excluding carboxylic acids is 2. The fourth-order valence-electron chi connectivity index (χ4n) is 9.25. The van der Waals surface area contributed by atoms with E-state index in [4.69, 9.17) is 32.7 Å². The second-order valence-electron chi connectivity index (χ2n) is 20.2. The van der Waals surface area contributed by atoms with Crippen LogP contribution in [-0.4, -0.2) is 89.1 Å². The van der Waals surface area contributed by atoms with Crippen LogP contribution in [0.1, 0.15) is 78.4 Å². The molecule has 4 aromatic heterocycles. The number of aromatic nitrogens is 6. The molecule has 382 valence electrons. The van der Waals surface area contributed by atoms with Gasteiger partial charge < -0.3 is 39.0 Å². The number of anilines is 2. The lowest BCUT2D eigenvalue weighted by Gasteiger charge is -2.35. The number of hydrogen-bond donors (Lipinski definition) is 2. The van der Waals surface area contributed by atoms with Gasteiger partial charge >= 0.3 is 23.6 Å². The molecule has 2 N–H and O–H groups in total. The van der Waals surface area contributed by atoms with E-state index in [0.717, 1.165) is 70.7 Å². The van der Waals surface area contributed by atoms with Crippen LogP contribution in [0.5, 0.6) is 0 Å². The molecule has 2 amide bonds. The number of fused-ring (bicyclic) bond motifs is 2. The van der Waals surface area contributed by atoms with Gasteiger partial charge in [-0.1, -0.05) is 59.6 Å². The van der Waals surface area contributed by atoms with E-state index in [1.165, 1.54) is 23.2 Å². The molecule has 2 aliphatic rings. The lowest BCUT2D eigenvalue weighted by atomic mass is 10.1. The standard InChI is InChI=1S/C25H31BrClN5O4.C25H32ClN5O4/c1-25(2,3)36-23(34)28-16-10-8-12-31(14-16)21-18(26)19-20(22(33)30(5)24(35)29(19)4)32(21)13-15-9-6-7-11-17(15)27;1-25(2,3)35-23(33)27-17-10-8-12-30(15-17)20-13-19-21(22(32)29(5)24(34)28(19)4)31(20)14-16-9-6-7-11-18(16)26/h6-7,9,11,16H,8,10,12-14H2,1-5H3,(H,28,34);6-7,9,11,13,17H,8,10,12,14-15H2,1-5H3,(H,27,33)/t16-;17-/m11/s1. The number of nitrogens with zero attached hydrogens (tertiary/aromatic N) is 8. The summed E-state index contributed by atoms with van der Waals surface area (Å²) < 4.78 is 20.6. The van der Waals surface area contributed by atoms with E-state index in [1.54, 1.807) is 14.1 Å². The van der Waals surface area contributed by atoms with E-state index in [9.17, 15) is 28.8 Å². The maximum atomic E-state index is 13.4. The maximum absolute atomic E-state index is 13.4. The molecule has 0 unspecified atom stereocenters. The Balaban J connectivity index is 0.000000209. The number of rotatable bonds is 8. The number of alkyl carbamates (subject to hydrolysis) is 2. The summed E-state index contributed by atoms with van der Waals surface area (Å²) in [6, 6.07) is 16.6. The molecule has 0 radical (unpaired) electrons. The number of halogens is 3. The maximum Gasteiger partial charge on any atom is 0.407 e. The zero-order valence-electron chi connectivity index (χ0n) is 41.9. The van der Waals surface area contributed by atoms with Crippen LogP contribution in [-0.2, 0) is 50.8 Å². The molecule has 6 aromatic rings. The number of piperidine rings is 2. The minimum atomic E-state index is -0.590. The Morgan fingerprint density at radius 3 is 1.59 bits per heavy atom. The van der Waals surface area contributed by atoms with Crippen LogP contribution in [0.15, 0.2) is 78.2 Å². The fourth-order valence-corrected chi connectivity index (χ4v) is 10.6. The molecule has 8 rings (SSSR count). The Hall–Kier alpha value is -5.92. The normalized spacial score (nSPS) is 16.5. The van der Waals surface area contributed by atoms with E-state index in [-0.39, 0.29) is 28.9 Å². The van der Waals surface area contributed by atoms with Gasteiger partial charge in [0.2, 0.25) is 0 Å². The summed E-state index contributed by atoms with van der Waals surface area (Å²) in [5.41, 5.74) is 0.938. The smallest absolute Gasteiger partial charge is 0.407 e. The molecule has 2 saturated heterocycles. The van der Waals surface area contributed by atoms with Crippen molar-refractivity contribution in [2.24, 2.45) is 28.2 Å². The number of ether oxygens (including phenoxy) is 2. The summed E-state index contributed by atoms with van der Waals surface area (Å²) in [6.45, 7) is 14.2. The summed E-state index contributed by atoms with van der Waals surface area (Å²) in [5, 5.41) is 7.14. The van der Waals surface area contributed by atoms with Crippen molar-refractivity contribution in [2.45, 2.75) is 104 Å². The van der Waals surface area contributed by atoms with Crippen molar-refractivity contribution in [3.05, 3.63) is 122 Å². The molecule has 0 aliphatic carbocycles. The Morgan fingerprint density at radius 2 is 1.08 bits per heavy atom. The van der Waals surface area contributed by atoms with Crippen LogP contribution in [0, 0.1) is 0 Å².